The first-order valence-corrected chi connectivity index (χ1v) is 7.44. The number of amides is 1. The Balaban J connectivity index is 1.81. The van der Waals surface area contributed by atoms with Gasteiger partial charge in [-0.05, 0) is 29.8 Å². The van der Waals surface area contributed by atoms with Crippen molar-refractivity contribution >= 4 is 11.6 Å². The molecular weight excluding hydrogens is 316 g/mol. The van der Waals surface area contributed by atoms with E-state index < -0.39 is 23.7 Å². The van der Waals surface area contributed by atoms with Gasteiger partial charge in [-0.2, -0.15) is 0 Å². The topological polar surface area (TPSA) is 47.6 Å². The number of alkyl halides is 2. The highest BCUT2D eigenvalue weighted by molar-refractivity contribution is 5.96. The van der Waals surface area contributed by atoms with E-state index in [9.17, 15) is 13.6 Å². The molecule has 0 saturated heterocycles. The molecule has 4 nitrogen and oxygen atoms in total. The number of hydrogen-bond donors (Lipinski definition) is 1. The van der Waals surface area contributed by atoms with Crippen LogP contribution < -0.4 is 14.8 Å². The lowest BCUT2D eigenvalue weighted by atomic mass is 10.1. The Hall–Kier alpha value is -2.63. The van der Waals surface area contributed by atoms with Gasteiger partial charge in [0.1, 0.15) is 5.92 Å². The Morgan fingerprint density at radius 1 is 1.04 bits per heavy atom. The van der Waals surface area contributed by atoms with E-state index >= 15 is 0 Å². The lowest BCUT2D eigenvalue weighted by Gasteiger charge is -2.09. The van der Waals surface area contributed by atoms with Crippen LogP contribution in [0.4, 0.5) is 14.5 Å². The molecule has 1 N–H and O–H groups in total. The summed E-state index contributed by atoms with van der Waals surface area (Å²) in [5, 5.41) is 2.54. The van der Waals surface area contributed by atoms with Crippen molar-refractivity contribution in [3.8, 4) is 11.5 Å². The first kappa shape index (κ1) is 16.2. The summed E-state index contributed by atoms with van der Waals surface area (Å²) in [6, 6.07) is 13.2. The molecule has 2 aromatic carbocycles. The number of anilines is 1. The van der Waals surface area contributed by atoms with Crippen LogP contribution in [0.5, 0.6) is 11.5 Å². The molecule has 2 atom stereocenters. The lowest BCUT2D eigenvalue weighted by molar-refractivity contribution is -0.119. The molecule has 1 saturated carbocycles. The van der Waals surface area contributed by atoms with Gasteiger partial charge < -0.3 is 14.8 Å². The zero-order valence-corrected chi connectivity index (χ0v) is 13.3. The van der Waals surface area contributed by atoms with Gasteiger partial charge in [0, 0.05) is 5.69 Å². The summed E-state index contributed by atoms with van der Waals surface area (Å²) in [6.45, 7) is 0. The standard InChI is InChI=1S/C18H17F2NO3/c1-23-13-9-8-11(10-14(13)24-2)15-16(18(15,19)20)17(22)21-12-6-4-3-5-7-12/h3-10,15-16H,1-2H3,(H,21,22). The van der Waals surface area contributed by atoms with Crippen LogP contribution in [0.1, 0.15) is 11.5 Å². The van der Waals surface area contributed by atoms with Gasteiger partial charge in [0.15, 0.2) is 11.5 Å². The van der Waals surface area contributed by atoms with Gasteiger partial charge in [0.2, 0.25) is 5.91 Å². The fourth-order valence-corrected chi connectivity index (χ4v) is 2.86. The highest BCUT2D eigenvalue weighted by Gasteiger charge is 2.72. The summed E-state index contributed by atoms with van der Waals surface area (Å²) in [5.41, 5.74) is 0.849. The van der Waals surface area contributed by atoms with Crippen molar-refractivity contribution in [3.05, 3.63) is 54.1 Å². The molecule has 0 bridgehead atoms. The van der Waals surface area contributed by atoms with Gasteiger partial charge in [-0.3, -0.25) is 4.79 Å². The minimum absolute atomic E-state index is 0.353. The molecule has 1 aliphatic carbocycles. The highest BCUT2D eigenvalue weighted by Crippen LogP contribution is 2.62. The number of methoxy groups -OCH3 is 2. The molecule has 0 aliphatic heterocycles. The molecule has 2 unspecified atom stereocenters. The van der Waals surface area contributed by atoms with E-state index in [0.717, 1.165) is 0 Å². The molecule has 1 aliphatic rings. The van der Waals surface area contributed by atoms with Crippen LogP contribution in [0.2, 0.25) is 0 Å². The summed E-state index contributed by atoms with van der Waals surface area (Å²) < 4.78 is 38.6. The Labute approximate surface area is 138 Å². The quantitative estimate of drug-likeness (QED) is 0.908. The van der Waals surface area contributed by atoms with Gasteiger partial charge in [-0.1, -0.05) is 24.3 Å². The van der Waals surface area contributed by atoms with Crippen molar-refractivity contribution < 1.29 is 23.0 Å². The normalized spacial score (nSPS) is 21.0. The number of ether oxygens (including phenoxy) is 2. The molecule has 0 spiro atoms. The number of carbonyl (C=O) groups is 1. The van der Waals surface area contributed by atoms with Gasteiger partial charge in [-0.25, -0.2) is 8.78 Å². The first-order valence-electron chi connectivity index (χ1n) is 7.44. The molecular formula is C18H17F2NO3. The number of benzene rings is 2. The van der Waals surface area contributed by atoms with Crippen molar-refractivity contribution in [1.82, 2.24) is 0 Å². The number of hydrogen-bond acceptors (Lipinski definition) is 3. The Morgan fingerprint density at radius 2 is 1.71 bits per heavy atom. The predicted octanol–water partition coefficient (Wildman–Crippen LogP) is 3.69. The molecule has 24 heavy (non-hydrogen) atoms. The number of halogens is 2. The molecule has 1 fully saturated rings. The highest BCUT2D eigenvalue weighted by atomic mass is 19.3. The molecule has 0 heterocycles. The van der Waals surface area contributed by atoms with E-state index in [0.29, 0.717) is 22.7 Å². The lowest BCUT2D eigenvalue weighted by Crippen LogP contribution is -2.17. The summed E-state index contributed by atoms with van der Waals surface area (Å²) >= 11 is 0. The van der Waals surface area contributed by atoms with E-state index in [1.54, 1.807) is 36.4 Å². The average molecular weight is 333 g/mol. The van der Waals surface area contributed by atoms with Gasteiger partial charge in [0.05, 0.1) is 20.1 Å². The maximum atomic E-state index is 14.2. The van der Waals surface area contributed by atoms with Crippen molar-refractivity contribution in [2.45, 2.75) is 11.8 Å². The van der Waals surface area contributed by atoms with Crippen molar-refractivity contribution in [3.63, 3.8) is 0 Å². The minimum atomic E-state index is -3.08. The Bertz CT molecular complexity index is 749. The maximum Gasteiger partial charge on any atom is 0.268 e. The van der Waals surface area contributed by atoms with E-state index in [1.165, 1.54) is 26.4 Å². The van der Waals surface area contributed by atoms with Crippen LogP contribution in [0, 0.1) is 5.92 Å². The molecule has 2 aromatic rings. The third-order valence-corrected chi connectivity index (χ3v) is 4.14. The predicted molar refractivity (Wildman–Crippen MR) is 85.8 cm³/mol. The van der Waals surface area contributed by atoms with E-state index in [2.05, 4.69) is 5.32 Å². The summed E-state index contributed by atoms with van der Waals surface area (Å²) in [7, 11) is 2.91. The monoisotopic (exact) mass is 333 g/mol. The van der Waals surface area contributed by atoms with Gasteiger partial charge in [0.25, 0.3) is 5.92 Å². The van der Waals surface area contributed by atoms with Gasteiger partial charge in [-0.15, -0.1) is 0 Å². The number of rotatable bonds is 5. The average Bonchev–Trinajstić information content (AvgIpc) is 3.17. The molecule has 0 radical (unpaired) electrons. The largest absolute Gasteiger partial charge is 0.493 e. The molecule has 3 rings (SSSR count). The summed E-state index contributed by atoms with van der Waals surface area (Å²) in [6.07, 6.45) is 0. The minimum Gasteiger partial charge on any atom is -0.493 e. The molecule has 0 aromatic heterocycles. The third-order valence-electron chi connectivity index (χ3n) is 4.14. The third kappa shape index (κ3) is 2.79. The maximum absolute atomic E-state index is 14.2. The van der Waals surface area contributed by atoms with Crippen LogP contribution in [0.25, 0.3) is 0 Å². The van der Waals surface area contributed by atoms with E-state index in [4.69, 9.17) is 9.47 Å². The number of nitrogens with one attached hydrogen (secondary N) is 1. The van der Waals surface area contributed by atoms with Crippen LogP contribution in [-0.4, -0.2) is 26.0 Å². The molecule has 126 valence electrons. The molecule has 1 amide bonds. The Kier molecular flexibility index (Phi) is 4.13. The molecule has 6 heteroatoms. The summed E-state index contributed by atoms with van der Waals surface area (Å²) in [5.74, 6) is -5.52. The second kappa shape index (κ2) is 6.11. The first-order chi connectivity index (χ1) is 11.5. The Morgan fingerprint density at radius 3 is 2.33 bits per heavy atom. The van der Waals surface area contributed by atoms with E-state index in [-0.39, 0.29) is 0 Å². The van der Waals surface area contributed by atoms with Gasteiger partial charge >= 0.3 is 0 Å². The van der Waals surface area contributed by atoms with Crippen molar-refractivity contribution in [2.24, 2.45) is 5.92 Å². The smallest absolute Gasteiger partial charge is 0.268 e. The summed E-state index contributed by atoms with van der Waals surface area (Å²) in [4.78, 5) is 12.2. The van der Waals surface area contributed by atoms with Crippen LogP contribution in [0.3, 0.4) is 0 Å². The van der Waals surface area contributed by atoms with Crippen LogP contribution in [-0.2, 0) is 4.79 Å². The second-order valence-corrected chi connectivity index (χ2v) is 5.60. The fourth-order valence-electron chi connectivity index (χ4n) is 2.86. The van der Waals surface area contributed by atoms with Crippen molar-refractivity contribution in [2.75, 3.05) is 19.5 Å². The zero-order chi connectivity index (χ0) is 17.3. The zero-order valence-electron chi connectivity index (χ0n) is 13.3. The van der Waals surface area contributed by atoms with E-state index in [1.807, 2.05) is 0 Å². The second-order valence-electron chi connectivity index (χ2n) is 5.60. The van der Waals surface area contributed by atoms with Crippen LogP contribution in [0.15, 0.2) is 48.5 Å². The number of carbonyl (C=O) groups excluding carboxylic acids is 1. The fraction of sp³-hybridized carbons (Fsp3) is 0.278. The SMILES string of the molecule is COc1ccc(C2C(C(=O)Nc3ccccc3)C2(F)F)cc1OC. The van der Waals surface area contributed by atoms with Crippen LogP contribution >= 0.6 is 0 Å². The number of para-hydroxylation sites is 1. The van der Waals surface area contributed by atoms with Crippen molar-refractivity contribution in [1.29, 1.82) is 0 Å².